The van der Waals surface area contributed by atoms with Gasteiger partial charge in [-0.2, -0.15) is 10.5 Å². The summed E-state index contributed by atoms with van der Waals surface area (Å²) in [5.41, 5.74) is 25.7. The maximum absolute atomic E-state index is 11.5. The molecule has 4 heterocycles. The van der Waals surface area contributed by atoms with E-state index in [0.717, 1.165) is 33.3 Å². The maximum Gasteiger partial charge on any atom is 0.0995 e. The summed E-state index contributed by atoms with van der Waals surface area (Å²) in [5, 5.41) is 33.0. The van der Waals surface area contributed by atoms with E-state index >= 15 is 0 Å². The number of hydrogen-bond donors (Lipinski definition) is 0. The molecule has 0 radical (unpaired) electrons. The summed E-state index contributed by atoms with van der Waals surface area (Å²) in [5.74, 6) is -0.0457. The number of aryl methyl sites for hydroxylation is 2. The van der Waals surface area contributed by atoms with Gasteiger partial charge in [-0.25, -0.2) is 0 Å². The average Bonchev–Trinajstić information content (AvgIpc) is 4.36. The first-order valence-electron chi connectivity index (χ1n) is 27.3. The molecule has 4 atom stereocenters. The Morgan fingerprint density at radius 1 is 0.395 bits per heavy atom. The van der Waals surface area contributed by atoms with Crippen LogP contribution in [0, 0.1) is 36.5 Å². The normalized spacial score (nSPS) is 17.6. The van der Waals surface area contributed by atoms with Gasteiger partial charge in [0, 0.05) is 66.8 Å². The highest BCUT2D eigenvalue weighted by molar-refractivity contribution is 6.32. The first-order valence-corrected chi connectivity index (χ1v) is 27.3. The molecule has 0 saturated heterocycles. The largest absolute Gasteiger partial charge is 0.308 e. The van der Waals surface area contributed by atoms with Crippen LogP contribution >= 0.6 is 0 Å². The summed E-state index contributed by atoms with van der Waals surface area (Å²) in [4.78, 5) is 0. The Morgan fingerprint density at radius 2 is 0.724 bits per heavy atom. The van der Waals surface area contributed by atoms with Gasteiger partial charge in [0.2, 0.25) is 0 Å². The van der Waals surface area contributed by atoms with Crippen molar-refractivity contribution < 1.29 is 0 Å². The van der Waals surface area contributed by atoms with Crippen molar-refractivity contribution in [2.75, 3.05) is 0 Å². The summed E-state index contributed by atoms with van der Waals surface area (Å²) >= 11 is 0. The Kier molecular flexibility index (Phi) is 8.95. The number of benzene rings is 9. The highest BCUT2D eigenvalue weighted by Gasteiger charge is 2.40. The number of hydrogen-bond acceptors (Lipinski definition) is 2. The fraction of sp³-hybridized carbons (Fsp3) is 0.222. The Morgan fingerprint density at radius 3 is 1.07 bits per heavy atom. The molecule has 4 nitrogen and oxygen atoms in total. The van der Waals surface area contributed by atoms with Crippen LogP contribution in [0.4, 0.5) is 0 Å². The first kappa shape index (κ1) is 45.0. The molecule has 2 aliphatic carbocycles. The molecule has 0 fully saturated rings. The van der Waals surface area contributed by atoms with Crippen molar-refractivity contribution in [1.82, 2.24) is 8.80 Å². The molecule has 0 amide bonds. The lowest BCUT2D eigenvalue weighted by Gasteiger charge is -2.34. The minimum atomic E-state index is -0.152. The third-order valence-electron chi connectivity index (χ3n) is 18.6. The second-order valence-corrected chi connectivity index (χ2v) is 24.6. The van der Waals surface area contributed by atoms with Crippen LogP contribution in [-0.4, -0.2) is 8.80 Å². The van der Waals surface area contributed by atoms with Crippen LogP contribution in [0.25, 0.3) is 76.2 Å². The third-order valence-corrected chi connectivity index (χ3v) is 18.6. The standard InChI is InChI=1S/C72H58N4/c1-37-47-25-17-19-27-49(47)61(41-21-13-11-14-22-41)63-43(35-73)29-55-65(59(37)63)53-33-45(71(5,6)7)31-51-57-40(4)68-58(39(3)67(57)75(55)69(51)53)52-32-46(72(8,9)10)34-54-66-56(76(68)70(52)54)30-44(36-74)64-60(66)38(2)48-26-18-20-28-50(48)62(64)42-23-15-12-16-24-42/h11-34,37-38,61-62H,1-10H3. The molecule has 4 aromatic heterocycles. The van der Waals surface area contributed by atoms with E-state index < -0.39 is 0 Å². The van der Waals surface area contributed by atoms with Gasteiger partial charge in [0.25, 0.3) is 0 Å². The zero-order valence-corrected chi connectivity index (χ0v) is 45.0. The van der Waals surface area contributed by atoms with Crippen molar-refractivity contribution in [2.45, 2.75) is 104 Å². The zero-order chi connectivity index (χ0) is 52.2. The Labute approximate surface area is 443 Å². The van der Waals surface area contributed by atoms with Crippen LogP contribution in [-0.2, 0) is 10.8 Å². The van der Waals surface area contributed by atoms with Gasteiger partial charge in [0.1, 0.15) is 0 Å². The molecule has 0 bridgehead atoms. The smallest absolute Gasteiger partial charge is 0.0995 e. The predicted octanol–water partition coefficient (Wildman–Crippen LogP) is 18.2. The van der Waals surface area contributed by atoms with E-state index in [1.807, 2.05) is 0 Å². The second kappa shape index (κ2) is 15.1. The van der Waals surface area contributed by atoms with Gasteiger partial charge in [-0.3, -0.25) is 0 Å². The number of fused-ring (bicyclic) bond motifs is 18. The van der Waals surface area contributed by atoms with Crippen LogP contribution in [0.5, 0.6) is 0 Å². The summed E-state index contributed by atoms with van der Waals surface area (Å²) in [6.07, 6.45) is 0. The molecule has 0 spiro atoms. The Balaban J connectivity index is 1.14. The van der Waals surface area contributed by atoms with E-state index in [-0.39, 0.29) is 34.5 Å². The van der Waals surface area contributed by atoms with E-state index in [1.54, 1.807) is 0 Å². The zero-order valence-electron chi connectivity index (χ0n) is 45.0. The molecule has 0 aliphatic heterocycles. The van der Waals surface area contributed by atoms with Crippen molar-refractivity contribution >= 4 is 76.2 Å². The highest BCUT2D eigenvalue weighted by atomic mass is 14.9. The highest BCUT2D eigenvalue weighted by Crippen LogP contribution is 2.57. The van der Waals surface area contributed by atoms with Crippen molar-refractivity contribution in [3.05, 3.63) is 235 Å². The molecule has 9 aromatic carbocycles. The predicted molar refractivity (Wildman–Crippen MR) is 315 cm³/mol. The van der Waals surface area contributed by atoms with E-state index in [9.17, 15) is 10.5 Å². The van der Waals surface area contributed by atoms with Crippen LogP contribution in [0.15, 0.2) is 146 Å². The minimum absolute atomic E-state index is 0.0559. The van der Waals surface area contributed by atoms with Gasteiger partial charge >= 0.3 is 0 Å². The van der Waals surface area contributed by atoms with Gasteiger partial charge in [-0.15, -0.1) is 0 Å². The van der Waals surface area contributed by atoms with Crippen LogP contribution < -0.4 is 0 Å². The lowest BCUT2D eigenvalue weighted by Crippen LogP contribution is -2.19. The Bertz CT molecular complexity index is 4480. The van der Waals surface area contributed by atoms with Crippen LogP contribution in [0.1, 0.15) is 168 Å². The average molecular weight is 979 g/mol. The van der Waals surface area contributed by atoms with Gasteiger partial charge in [-0.1, -0.05) is 165 Å². The van der Waals surface area contributed by atoms with Gasteiger partial charge in [-0.05, 0) is 139 Å². The lowest BCUT2D eigenvalue weighted by molar-refractivity contribution is 0.591. The Hall–Kier alpha value is -8.44. The topological polar surface area (TPSA) is 56.4 Å². The van der Waals surface area contributed by atoms with E-state index in [4.69, 9.17) is 0 Å². The molecule has 15 rings (SSSR count). The van der Waals surface area contributed by atoms with E-state index in [2.05, 4.69) is 236 Å². The lowest BCUT2D eigenvalue weighted by atomic mass is 9.68. The molecule has 13 aromatic rings. The quantitative estimate of drug-likeness (QED) is 0.173. The fourth-order valence-electron chi connectivity index (χ4n) is 15.2. The second-order valence-electron chi connectivity index (χ2n) is 24.6. The van der Waals surface area contributed by atoms with Gasteiger partial charge in [0.05, 0.1) is 56.4 Å². The summed E-state index contributed by atoms with van der Waals surface area (Å²) < 4.78 is 5.14. The van der Waals surface area contributed by atoms with Gasteiger partial charge in [0.15, 0.2) is 0 Å². The third kappa shape index (κ3) is 5.57. The molecule has 76 heavy (non-hydrogen) atoms. The van der Waals surface area contributed by atoms with Crippen molar-refractivity contribution in [2.24, 2.45) is 0 Å². The summed E-state index contributed by atoms with van der Waals surface area (Å²) in [6.45, 7) is 23.5. The molecule has 0 N–H and O–H groups in total. The molecule has 4 heteroatoms. The molecule has 366 valence electrons. The molecular weight excluding hydrogens is 921 g/mol. The minimum Gasteiger partial charge on any atom is -0.308 e. The van der Waals surface area contributed by atoms with Crippen molar-refractivity contribution in [3.63, 3.8) is 0 Å². The number of nitriles is 2. The van der Waals surface area contributed by atoms with Crippen LogP contribution in [0.3, 0.4) is 0 Å². The molecule has 0 saturated carbocycles. The number of nitrogens with zero attached hydrogens (tertiary/aromatic N) is 4. The maximum atomic E-state index is 11.5. The summed E-state index contributed by atoms with van der Waals surface area (Å²) in [6, 6.07) is 59.6. The van der Waals surface area contributed by atoms with Crippen molar-refractivity contribution in [1.29, 1.82) is 10.5 Å². The summed E-state index contributed by atoms with van der Waals surface area (Å²) in [7, 11) is 0. The first-order chi connectivity index (χ1) is 36.6. The molecule has 2 aliphatic rings. The molecule has 4 unspecified atom stereocenters. The van der Waals surface area contributed by atoms with E-state index in [1.165, 1.54) is 132 Å². The van der Waals surface area contributed by atoms with Crippen LogP contribution in [0.2, 0.25) is 0 Å². The number of rotatable bonds is 2. The SMILES string of the molecule is Cc1c2c3cc(C(C)(C)C)cc4c5c6c(c(C#N)cc5n(c2c(C)c2c5cc(C(C)(C)C)cc7c8c9c(c(C#N)cc8n(c12)c75)C(c1ccccc1)c1ccccc1C9C)c43)C(c1ccccc1)c1ccccc1C6C. The van der Waals surface area contributed by atoms with E-state index in [0.29, 0.717) is 0 Å². The fourth-order valence-corrected chi connectivity index (χ4v) is 15.2. The number of aromatic nitrogens is 2. The van der Waals surface area contributed by atoms with Gasteiger partial charge < -0.3 is 8.80 Å². The molecular formula is C72H58N4. The van der Waals surface area contributed by atoms with Crippen molar-refractivity contribution in [3.8, 4) is 12.1 Å². The monoisotopic (exact) mass is 978 g/mol.